The molecule has 2 fully saturated rings. The van der Waals surface area contributed by atoms with Gasteiger partial charge in [0.1, 0.15) is 6.10 Å². The average Bonchev–Trinajstić information content (AvgIpc) is 2.68. The van der Waals surface area contributed by atoms with E-state index < -0.39 is 0 Å². The van der Waals surface area contributed by atoms with Crippen LogP contribution in [0.5, 0.6) is 0 Å². The molecule has 6 heteroatoms. The van der Waals surface area contributed by atoms with Gasteiger partial charge in [-0.05, 0) is 31.4 Å². The van der Waals surface area contributed by atoms with Crippen molar-refractivity contribution < 1.29 is 9.53 Å². The Bertz CT molecular complexity index is 738. The highest BCUT2D eigenvalue weighted by molar-refractivity contribution is 5.81. The normalized spacial score (nSPS) is 20.5. The first-order chi connectivity index (χ1) is 12.7. The topological polar surface area (TPSA) is 58.6 Å². The third kappa shape index (κ3) is 3.42. The second-order valence-corrected chi connectivity index (χ2v) is 7.01. The molecule has 3 heterocycles. The number of carbonyl (C=O) groups is 1. The fourth-order valence-corrected chi connectivity index (χ4v) is 3.49. The van der Waals surface area contributed by atoms with E-state index in [-0.39, 0.29) is 18.1 Å². The zero-order valence-electron chi connectivity index (χ0n) is 15.0. The largest absolute Gasteiger partial charge is 0.368 e. The fourth-order valence-electron chi connectivity index (χ4n) is 3.49. The van der Waals surface area contributed by atoms with E-state index >= 15 is 0 Å². The van der Waals surface area contributed by atoms with Crippen LogP contribution in [0, 0.1) is 0 Å². The molecule has 1 aromatic carbocycles. The summed E-state index contributed by atoms with van der Waals surface area (Å²) in [5.41, 5.74) is 1.93. The van der Waals surface area contributed by atoms with Crippen molar-refractivity contribution in [1.82, 2.24) is 15.1 Å². The molecule has 2 aliphatic rings. The first kappa shape index (κ1) is 17.0. The number of ether oxygens (including phenoxy) is 1. The van der Waals surface area contributed by atoms with E-state index in [1.54, 1.807) is 0 Å². The number of amides is 1. The highest BCUT2D eigenvalue weighted by Gasteiger charge is 2.36. The lowest BCUT2D eigenvalue weighted by atomic mass is 10.0. The summed E-state index contributed by atoms with van der Waals surface area (Å²) in [4.78, 5) is 16.5. The molecule has 0 spiro atoms. The third-order valence-corrected chi connectivity index (χ3v) is 5.26. The number of nitrogens with zero attached hydrogens (tertiary/aromatic N) is 4. The van der Waals surface area contributed by atoms with E-state index in [9.17, 15) is 4.79 Å². The molecule has 0 aliphatic carbocycles. The first-order valence-electron chi connectivity index (χ1n) is 9.25. The summed E-state index contributed by atoms with van der Waals surface area (Å²) in [6.45, 7) is 2.27. The second kappa shape index (κ2) is 7.41. The smallest absolute Gasteiger partial charge is 0.251 e. The number of benzene rings is 1. The molecule has 1 atom stereocenters. The molecule has 0 N–H and O–H groups in total. The Hall–Kier alpha value is -2.47. The summed E-state index contributed by atoms with van der Waals surface area (Å²) in [5, 5.41) is 8.69. The summed E-state index contributed by atoms with van der Waals surface area (Å²) in [6, 6.07) is 14.2. The van der Waals surface area contributed by atoms with Gasteiger partial charge in [-0.25, -0.2) is 0 Å². The van der Waals surface area contributed by atoms with Crippen molar-refractivity contribution in [2.45, 2.75) is 31.4 Å². The number of hydrogen-bond donors (Lipinski definition) is 0. The van der Waals surface area contributed by atoms with Crippen molar-refractivity contribution in [3.8, 4) is 11.3 Å². The molecule has 0 saturated carbocycles. The molecule has 1 unspecified atom stereocenters. The Kier molecular flexibility index (Phi) is 4.84. The summed E-state index contributed by atoms with van der Waals surface area (Å²) in [5.74, 6) is 0.968. The molecule has 2 aromatic rings. The van der Waals surface area contributed by atoms with Gasteiger partial charge in [-0.3, -0.25) is 4.79 Å². The summed E-state index contributed by atoms with van der Waals surface area (Å²) >= 11 is 0. The maximum absolute atomic E-state index is 12.5. The molecular weight excluding hydrogens is 328 g/mol. The van der Waals surface area contributed by atoms with Crippen LogP contribution in [0.15, 0.2) is 42.5 Å². The van der Waals surface area contributed by atoms with E-state index in [0.717, 1.165) is 49.4 Å². The van der Waals surface area contributed by atoms with Gasteiger partial charge in [-0.15, -0.1) is 10.2 Å². The van der Waals surface area contributed by atoms with E-state index in [1.165, 1.54) is 0 Å². The first-order valence-corrected chi connectivity index (χ1v) is 9.25. The van der Waals surface area contributed by atoms with Crippen LogP contribution in [0.25, 0.3) is 11.3 Å². The van der Waals surface area contributed by atoms with Gasteiger partial charge in [0, 0.05) is 32.3 Å². The van der Waals surface area contributed by atoms with E-state index in [1.807, 2.05) is 54.4 Å². The minimum absolute atomic E-state index is 0.111. The molecule has 6 nitrogen and oxygen atoms in total. The van der Waals surface area contributed by atoms with Crippen LogP contribution in [0.1, 0.15) is 19.3 Å². The van der Waals surface area contributed by atoms with Gasteiger partial charge >= 0.3 is 0 Å². The Morgan fingerprint density at radius 1 is 1.12 bits per heavy atom. The number of carbonyl (C=O) groups excluding carboxylic acids is 1. The molecule has 136 valence electrons. The molecule has 0 bridgehead atoms. The highest BCUT2D eigenvalue weighted by Crippen LogP contribution is 2.24. The predicted octanol–water partition coefficient (Wildman–Crippen LogP) is 2.36. The summed E-state index contributed by atoms with van der Waals surface area (Å²) < 4.78 is 5.62. The van der Waals surface area contributed by atoms with Gasteiger partial charge in [0.05, 0.1) is 11.7 Å². The Morgan fingerprint density at radius 2 is 1.92 bits per heavy atom. The van der Waals surface area contributed by atoms with Crippen molar-refractivity contribution in [2.75, 3.05) is 31.6 Å². The quantitative estimate of drug-likeness (QED) is 0.845. The Balaban J connectivity index is 1.33. The van der Waals surface area contributed by atoms with E-state index in [0.29, 0.717) is 6.61 Å². The fraction of sp³-hybridized carbons (Fsp3) is 0.450. The Labute approximate surface area is 153 Å². The maximum Gasteiger partial charge on any atom is 0.251 e. The van der Waals surface area contributed by atoms with E-state index in [2.05, 4.69) is 15.1 Å². The molecular formula is C20H24N4O2. The van der Waals surface area contributed by atoms with Crippen LogP contribution in [0.4, 0.5) is 5.82 Å². The van der Waals surface area contributed by atoms with Gasteiger partial charge in [0.15, 0.2) is 5.82 Å². The molecule has 4 rings (SSSR count). The monoisotopic (exact) mass is 352 g/mol. The number of hydrogen-bond acceptors (Lipinski definition) is 5. The zero-order valence-corrected chi connectivity index (χ0v) is 15.0. The molecule has 2 saturated heterocycles. The molecule has 1 aromatic heterocycles. The number of rotatable bonds is 4. The minimum atomic E-state index is -0.257. The minimum Gasteiger partial charge on any atom is -0.368 e. The molecule has 1 amide bonds. The van der Waals surface area contributed by atoms with Crippen LogP contribution < -0.4 is 4.90 Å². The van der Waals surface area contributed by atoms with Crippen molar-refractivity contribution in [2.24, 2.45) is 0 Å². The lowest BCUT2D eigenvalue weighted by Gasteiger charge is -2.45. The number of anilines is 1. The van der Waals surface area contributed by atoms with Crippen molar-refractivity contribution in [3.05, 3.63) is 42.5 Å². The van der Waals surface area contributed by atoms with E-state index in [4.69, 9.17) is 4.74 Å². The third-order valence-electron chi connectivity index (χ3n) is 5.26. The van der Waals surface area contributed by atoms with Crippen molar-refractivity contribution in [3.63, 3.8) is 0 Å². The Morgan fingerprint density at radius 3 is 2.58 bits per heavy atom. The summed E-state index contributed by atoms with van der Waals surface area (Å²) in [7, 11) is 1.88. The van der Waals surface area contributed by atoms with Crippen LogP contribution in [-0.4, -0.2) is 59.9 Å². The van der Waals surface area contributed by atoms with Gasteiger partial charge in [0.25, 0.3) is 5.91 Å². The van der Waals surface area contributed by atoms with Crippen LogP contribution >= 0.6 is 0 Å². The molecule has 26 heavy (non-hydrogen) atoms. The predicted molar refractivity (Wildman–Crippen MR) is 99.8 cm³/mol. The zero-order chi connectivity index (χ0) is 17.9. The maximum atomic E-state index is 12.5. The average molecular weight is 352 g/mol. The van der Waals surface area contributed by atoms with Crippen LogP contribution in [-0.2, 0) is 9.53 Å². The number of aromatic nitrogens is 2. The van der Waals surface area contributed by atoms with Gasteiger partial charge < -0.3 is 14.5 Å². The van der Waals surface area contributed by atoms with Gasteiger partial charge in [0.2, 0.25) is 0 Å². The standard InChI is InChI=1S/C20H24N4O2/c1-23(20(25)18-9-5-6-12-26-18)16-13-24(14-16)19-11-10-17(21-22-19)15-7-3-2-4-8-15/h2-4,7-8,10-11,16,18H,5-6,9,12-14H2,1H3. The number of likely N-dealkylation sites (N-methyl/N-ethyl adjacent to an activating group) is 1. The lowest BCUT2D eigenvalue weighted by molar-refractivity contribution is -0.147. The van der Waals surface area contributed by atoms with Crippen LogP contribution in [0.3, 0.4) is 0 Å². The SMILES string of the molecule is CN(C(=O)C1CCCCO1)C1CN(c2ccc(-c3ccccc3)nn2)C1. The van der Waals surface area contributed by atoms with Crippen molar-refractivity contribution >= 4 is 11.7 Å². The lowest BCUT2D eigenvalue weighted by Crippen LogP contribution is -2.61. The van der Waals surface area contributed by atoms with Gasteiger partial charge in [-0.1, -0.05) is 30.3 Å². The van der Waals surface area contributed by atoms with Gasteiger partial charge in [-0.2, -0.15) is 0 Å². The summed E-state index contributed by atoms with van der Waals surface area (Å²) in [6.07, 6.45) is 2.71. The van der Waals surface area contributed by atoms with Crippen molar-refractivity contribution in [1.29, 1.82) is 0 Å². The second-order valence-electron chi connectivity index (χ2n) is 7.01. The molecule has 0 radical (unpaired) electrons. The molecule has 2 aliphatic heterocycles. The highest BCUT2D eigenvalue weighted by atomic mass is 16.5. The van der Waals surface area contributed by atoms with Crippen LogP contribution in [0.2, 0.25) is 0 Å².